The lowest BCUT2D eigenvalue weighted by molar-refractivity contribution is 0.0331. The van der Waals surface area contributed by atoms with Crippen LogP contribution in [0.2, 0.25) is 0 Å². The second-order valence-electron chi connectivity index (χ2n) is 6.46. The molecule has 21 heavy (non-hydrogen) atoms. The summed E-state index contributed by atoms with van der Waals surface area (Å²) in [5.41, 5.74) is 0.822. The molecule has 5 heteroatoms. The summed E-state index contributed by atoms with van der Waals surface area (Å²) < 4.78 is 0. The van der Waals surface area contributed by atoms with Crippen molar-refractivity contribution in [1.82, 2.24) is 14.9 Å². The Morgan fingerprint density at radius 2 is 2.19 bits per heavy atom. The first-order valence-electron chi connectivity index (χ1n) is 7.63. The van der Waals surface area contributed by atoms with Gasteiger partial charge in [0.05, 0.1) is 23.4 Å². The Balaban J connectivity index is 2.32. The zero-order chi connectivity index (χ0) is 15.6. The Morgan fingerprint density at radius 3 is 2.76 bits per heavy atom. The molecular formula is C16H25N3O2. The first-order chi connectivity index (χ1) is 9.89. The van der Waals surface area contributed by atoms with Gasteiger partial charge in [-0.25, -0.2) is 9.97 Å². The fourth-order valence-electron chi connectivity index (χ4n) is 3.40. The van der Waals surface area contributed by atoms with Gasteiger partial charge >= 0.3 is 0 Å². The Kier molecular flexibility index (Phi) is 4.61. The highest BCUT2D eigenvalue weighted by atomic mass is 16.3. The summed E-state index contributed by atoms with van der Waals surface area (Å²) in [4.78, 5) is 23.1. The van der Waals surface area contributed by atoms with E-state index in [0.717, 1.165) is 19.3 Å². The molecule has 2 heterocycles. The lowest BCUT2D eigenvalue weighted by atomic mass is 9.86. The van der Waals surface area contributed by atoms with Gasteiger partial charge in [0.25, 0.3) is 5.91 Å². The topological polar surface area (TPSA) is 66.3 Å². The molecule has 0 unspecified atom stereocenters. The van der Waals surface area contributed by atoms with Crippen molar-refractivity contribution in [3.8, 4) is 0 Å². The summed E-state index contributed by atoms with van der Waals surface area (Å²) in [6, 6.07) is 0. The number of carbonyl (C=O) groups excluding carboxylic acids is 1. The number of aryl methyl sites for hydroxylation is 2. The molecule has 1 aromatic rings. The van der Waals surface area contributed by atoms with E-state index < -0.39 is 5.54 Å². The average Bonchev–Trinajstić information content (AvgIpc) is 2.81. The molecule has 0 radical (unpaired) electrons. The fraction of sp³-hybridized carbons (Fsp3) is 0.688. The van der Waals surface area contributed by atoms with Crippen molar-refractivity contribution < 1.29 is 9.90 Å². The maximum Gasteiger partial charge on any atom is 0.257 e. The normalized spacial score (nSPS) is 22.1. The lowest BCUT2D eigenvalue weighted by Crippen LogP contribution is -2.51. The van der Waals surface area contributed by atoms with E-state index in [1.165, 1.54) is 0 Å². The molecule has 116 valence electrons. The smallest absolute Gasteiger partial charge is 0.257 e. The van der Waals surface area contributed by atoms with E-state index in [9.17, 15) is 9.90 Å². The zero-order valence-electron chi connectivity index (χ0n) is 13.4. The van der Waals surface area contributed by atoms with Gasteiger partial charge in [-0.05, 0) is 39.0 Å². The average molecular weight is 291 g/mol. The van der Waals surface area contributed by atoms with Gasteiger partial charge in [-0.3, -0.25) is 4.79 Å². The first-order valence-corrected chi connectivity index (χ1v) is 7.63. The van der Waals surface area contributed by atoms with Crippen molar-refractivity contribution in [1.29, 1.82) is 0 Å². The number of hydrogen-bond donors (Lipinski definition) is 1. The van der Waals surface area contributed by atoms with Crippen LogP contribution in [-0.4, -0.2) is 44.6 Å². The molecule has 1 atom stereocenters. The van der Waals surface area contributed by atoms with E-state index in [4.69, 9.17) is 0 Å². The zero-order valence-corrected chi connectivity index (χ0v) is 13.4. The number of aliphatic hydroxyl groups is 1. The van der Waals surface area contributed by atoms with Gasteiger partial charge in [0.2, 0.25) is 0 Å². The Bertz CT molecular complexity index is 530. The monoisotopic (exact) mass is 291 g/mol. The van der Waals surface area contributed by atoms with Crippen LogP contribution in [0.25, 0.3) is 0 Å². The van der Waals surface area contributed by atoms with Crippen LogP contribution < -0.4 is 0 Å². The minimum atomic E-state index is -0.428. The Hall–Kier alpha value is -1.49. The third-order valence-corrected chi connectivity index (χ3v) is 4.25. The number of aromatic nitrogens is 2. The third-order valence-electron chi connectivity index (χ3n) is 4.25. The molecular weight excluding hydrogens is 266 g/mol. The molecule has 1 saturated heterocycles. The van der Waals surface area contributed by atoms with Crippen LogP contribution in [0.3, 0.4) is 0 Å². The second-order valence-corrected chi connectivity index (χ2v) is 6.46. The van der Waals surface area contributed by atoms with Crippen LogP contribution in [0.1, 0.15) is 55.0 Å². The van der Waals surface area contributed by atoms with Gasteiger partial charge in [-0.2, -0.15) is 0 Å². The van der Waals surface area contributed by atoms with Crippen LogP contribution >= 0.6 is 0 Å². The largest absolute Gasteiger partial charge is 0.394 e. The molecule has 1 aliphatic heterocycles. The van der Waals surface area contributed by atoms with Crippen molar-refractivity contribution in [3.63, 3.8) is 0 Å². The highest BCUT2D eigenvalue weighted by Gasteiger charge is 2.44. The molecule has 1 amide bonds. The van der Waals surface area contributed by atoms with E-state index in [1.54, 1.807) is 6.20 Å². The van der Waals surface area contributed by atoms with Gasteiger partial charge in [0.1, 0.15) is 5.82 Å². The van der Waals surface area contributed by atoms with E-state index >= 15 is 0 Å². The number of carbonyl (C=O) groups is 1. The molecule has 0 spiro atoms. The van der Waals surface area contributed by atoms with Gasteiger partial charge in [-0.15, -0.1) is 0 Å². The van der Waals surface area contributed by atoms with Crippen molar-refractivity contribution >= 4 is 5.91 Å². The minimum absolute atomic E-state index is 0.0166. The second kappa shape index (κ2) is 6.10. The van der Waals surface area contributed by atoms with Crippen LogP contribution in [0.5, 0.6) is 0 Å². The summed E-state index contributed by atoms with van der Waals surface area (Å²) in [5, 5.41) is 9.92. The molecule has 1 aliphatic rings. The molecule has 0 saturated carbocycles. The lowest BCUT2D eigenvalue weighted by Gasteiger charge is -2.38. The van der Waals surface area contributed by atoms with Crippen molar-refractivity contribution in [2.24, 2.45) is 5.92 Å². The molecule has 2 rings (SSSR count). The van der Waals surface area contributed by atoms with Gasteiger partial charge < -0.3 is 10.0 Å². The Morgan fingerprint density at radius 1 is 1.48 bits per heavy atom. The maximum absolute atomic E-state index is 12.9. The molecule has 1 N–H and O–H groups in total. The number of hydrogen-bond acceptors (Lipinski definition) is 4. The van der Waals surface area contributed by atoms with Gasteiger partial charge in [0.15, 0.2) is 0 Å². The van der Waals surface area contributed by atoms with Crippen molar-refractivity contribution in [3.05, 3.63) is 23.3 Å². The van der Waals surface area contributed by atoms with E-state index in [0.29, 0.717) is 29.5 Å². The number of aliphatic hydroxyl groups excluding tert-OH is 1. The number of amides is 1. The highest BCUT2D eigenvalue weighted by molar-refractivity contribution is 5.95. The van der Waals surface area contributed by atoms with Crippen molar-refractivity contribution in [2.75, 3.05) is 13.2 Å². The van der Waals surface area contributed by atoms with E-state index in [-0.39, 0.29) is 12.5 Å². The maximum atomic E-state index is 12.9. The van der Waals surface area contributed by atoms with E-state index in [2.05, 4.69) is 23.8 Å². The van der Waals surface area contributed by atoms with Crippen LogP contribution in [-0.2, 0) is 0 Å². The van der Waals surface area contributed by atoms with E-state index in [1.807, 2.05) is 18.7 Å². The summed E-state index contributed by atoms with van der Waals surface area (Å²) >= 11 is 0. The number of likely N-dealkylation sites (tertiary alicyclic amines) is 1. The first kappa shape index (κ1) is 15.9. The minimum Gasteiger partial charge on any atom is -0.394 e. The summed E-state index contributed by atoms with van der Waals surface area (Å²) in [6.45, 7) is 8.61. The predicted octanol–water partition coefficient (Wildman–Crippen LogP) is 2.11. The van der Waals surface area contributed by atoms with Crippen LogP contribution in [0.4, 0.5) is 0 Å². The molecule has 0 aliphatic carbocycles. The van der Waals surface area contributed by atoms with Crippen LogP contribution in [0.15, 0.2) is 6.20 Å². The molecule has 0 aromatic carbocycles. The quantitative estimate of drug-likeness (QED) is 0.922. The predicted molar refractivity (Wildman–Crippen MR) is 81.0 cm³/mol. The summed E-state index contributed by atoms with van der Waals surface area (Å²) in [6.07, 6.45) is 4.22. The molecule has 5 nitrogen and oxygen atoms in total. The number of nitrogens with zero attached hydrogens (tertiary/aromatic N) is 3. The highest BCUT2D eigenvalue weighted by Crippen LogP contribution is 2.36. The standard InChI is InChI=1S/C16H25N3O2/c1-11(2)8-16(10-20)6-5-7-19(16)15(21)14-9-17-13(4)18-12(14)3/h9,11,20H,5-8,10H2,1-4H3/t16-/m1/s1. The molecule has 0 bridgehead atoms. The van der Waals surface area contributed by atoms with Gasteiger partial charge in [-0.1, -0.05) is 13.8 Å². The fourth-order valence-corrected chi connectivity index (χ4v) is 3.40. The van der Waals surface area contributed by atoms with Gasteiger partial charge in [0, 0.05) is 12.7 Å². The summed E-state index contributed by atoms with van der Waals surface area (Å²) in [7, 11) is 0. The molecule has 1 fully saturated rings. The third kappa shape index (κ3) is 3.07. The Labute approximate surface area is 126 Å². The van der Waals surface area contributed by atoms with Crippen LogP contribution in [0, 0.1) is 19.8 Å². The number of rotatable bonds is 4. The summed E-state index contributed by atoms with van der Waals surface area (Å²) in [5.74, 6) is 1.04. The molecule has 1 aromatic heterocycles. The SMILES string of the molecule is Cc1ncc(C(=O)N2CCC[C@]2(CO)CC(C)C)c(C)n1. The van der Waals surface area contributed by atoms with Crippen molar-refractivity contribution in [2.45, 2.75) is 52.5 Å².